The molecule has 0 bridgehead atoms. The minimum Gasteiger partial charge on any atom is -0.309 e. The van der Waals surface area contributed by atoms with Crippen molar-refractivity contribution in [2.45, 2.75) is 5.41 Å². The molecule has 2 aromatic heterocycles. The van der Waals surface area contributed by atoms with Gasteiger partial charge in [-0.15, -0.1) is 22.7 Å². The van der Waals surface area contributed by atoms with Crippen LogP contribution < -0.4 is 9.80 Å². The summed E-state index contributed by atoms with van der Waals surface area (Å²) in [5.74, 6) is 0. The molecule has 17 aromatic rings. The molecule has 0 unspecified atom stereocenters. The van der Waals surface area contributed by atoms with E-state index in [0.717, 1.165) is 22.7 Å². The number of hydrogen-bond donors (Lipinski definition) is 0. The topological polar surface area (TPSA) is 6.48 Å². The van der Waals surface area contributed by atoms with Crippen LogP contribution >= 0.6 is 22.7 Å². The lowest BCUT2D eigenvalue weighted by Gasteiger charge is -2.33. The second-order valence-corrected chi connectivity index (χ2v) is 25.8. The van der Waals surface area contributed by atoms with Crippen LogP contribution in [0.3, 0.4) is 0 Å². The lowest BCUT2D eigenvalue weighted by molar-refractivity contribution is 0.809. The van der Waals surface area contributed by atoms with Crippen molar-refractivity contribution in [3.63, 3.8) is 0 Å². The maximum Gasteiger partial charge on any atom is 0.0737 e. The first-order valence-corrected chi connectivity index (χ1v) is 32.3. The van der Waals surface area contributed by atoms with Crippen LogP contribution in [-0.4, -0.2) is 0 Å². The predicted molar refractivity (Wildman–Crippen MR) is 381 cm³/mol. The van der Waals surface area contributed by atoms with Gasteiger partial charge >= 0.3 is 0 Å². The van der Waals surface area contributed by atoms with Crippen molar-refractivity contribution in [3.8, 4) is 44.5 Å². The molecule has 0 N–H and O–H groups in total. The Hall–Kier alpha value is -10.9. The van der Waals surface area contributed by atoms with Gasteiger partial charge in [0, 0.05) is 53.7 Å². The highest BCUT2D eigenvalue weighted by Gasteiger charge is 2.54. The summed E-state index contributed by atoms with van der Waals surface area (Å²) in [4.78, 5) is 4.86. The Kier molecular flexibility index (Phi) is 11.1. The molecule has 2 heterocycles. The minimum absolute atomic E-state index is 0.618. The number of nitrogens with zero attached hydrogens (tertiary/aromatic N) is 2. The highest BCUT2D eigenvalue weighted by Crippen LogP contribution is 2.67. The number of fused-ring (bicyclic) bond motifs is 23. The molecule has 19 rings (SSSR count). The quantitative estimate of drug-likeness (QED) is 0.140. The van der Waals surface area contributed by atoms with Crippen molar-refractivity contribution < 1.29 is 0 Å². The number of para-hydroxylation sites is 2. The molecule has 0 amide bonds. The lowest BCUT2D eigenvalue weighted by Crippen LogP contribution is -2.26. The monoisotopic (exact) mass is 1160 g/mol. The number of anilines is 6. The van der Waals surface area contributed by atoms with Crippen LogP contribution in [0.5, 0.6) is 0 Å². The van der Waals surface area contributed by atoms with Gasteiger partial charge in [-0.1, -0.05) is 231 Å². The third kappa shape index (κ3) is 7.30. The second kappa shape index (κ2) is 19.6. The molecule has 2 aliphatic carbocycles. The van der Waals surface area contributed by atoms with E-state index in [0.29, 0.717) is 0 Å². The van der Waals surface area contributed by atoms with Crippen LogP contribution in [0.2, 0.25) is 0 Å². The SMILES string of the molecule is c1ccc(N(c2ccc(-c3ccc4c5c(c6ccccc6c4c3)-c3cc(-c4ccc(N(c6ccccc6)c6cccc7c6sc6ccccc67)cc4)c4ccccc4c3C53c4ccccc4-c4ccccc43)cc2)c2cccc3c2sc2ccccc23)cc1. The van der Waals surface area contributed by atoms with E-state index in [1.165, 1.54) is 151 Å². The number of thiophene rings is 2. The molecule has 414 valence electrons. The first-order valence-electron chi connectivity index (χ1n) is 30.6. The van der Waals surface area contributed by atoms with E-state index >= 15 is 0 Å². The van der Waals surface area contributed by atoms with Crippen molar-refractivity contribution in [1.29, 1.82) is 0 Å². The maximum atomic E-state index is 2.56. The summed E-state index contributed by atoms with van der Waals surface area (Å²) >= 11 is 3.74. The molecule has 2 aliphatic rings. The highest BCUT2D eigenvalue weighted by atomic mass is 32.1. The highest BCUT2D eigenvalue weighted by molar-refractivity contribution is 7.26. The predicted octanol–water partition coefficient (Wildman–Crippen LogP) is 24.5. The summed E-state index contributed by atoms with van der Waals surface area (Å²) in [5.41, 5.74) is 21.6. The van der Waals surface area contributed by atoms with Crippen molar-refractivity contribution in [2.75, 3.05) is 9.80 Å². The van der Waals surface area contributed by atoms with Crippen LogP contribution in [0.4, 0.5) is 34.1 Å². The summed E-state index contributed by atoms with van der Waals surface area (Å²) in [6.07, 6.45) is 0. The molecule has 0 fully saturated rings. The zero-order chi connectivity index (χ0) is 58.3. The molecule has 2 nitrogen and oxygen atoms in total. The van der Waals surface area contributed by atoms with Crippen molar-refractivity contribution >= 4 is 129 Å². The van der Waals surface area contributed by atoms with Crippen molar-refractivity contribution in [1.82, 2.24) is 0 Å². The summed E-state index contributed by atoms with van der Waals surface area (Å²) in [5, 5.41) is 12.7. The fourth-order valence-electron chi connectivity index (χ4n) is 15.6. The third-order valence-electron chi connectivity index (χ3n) is 19.2. The Bertz CT molecular complexity index is 5700. The zero-order valence-electron chi connectivity index (χ0n) is 48.2. The smallest absolute Gasteiger partial charge is 0.0737 e. The van der Waals surface area contributed by atoms with E-state index in [4.69, 9.17) is 0 Å². The Labute approximate surface area is 523 Å². The molecular formula is C85H52N2S2. The van der Waals surface area contributed by atoms with Crippen LogP contribution in [0.15, 0.2) is 315 Å². The largest absolute Gasteiger partial charge is 0.309 e. The maximum absolute atomic E-state index is 2.56. The molecule has 1 spiro atoms. The van der Waals surface area contributed by atoms with Gasteiger partial charge in [-0.25, -0.2) is 0 Å². The van der Waals surface area contributed by atoms with Crippen LogP contribution in [-0.2, 0) is 5.41 Å². The van der Waals surface area contributed by atoms with Crippen molar-refractivity contribution in [3.05, 3.63) is 338 Å². The average molecular weight is 1170 g/mol. The number of hydrogen-bond acceptors (Lipinski definition) is 4. The number of rotatable bonds is 8. The first kappa shape index (κ1) is 50.3. The lowest BCUT2D eigenvalue weighted by atomic mass is 9.68. The van der Waals surface area contributed by atoms with E-state index in [1.807, 2.05) is 22.7 Å². The van der Waals surface area contributed by atoms with Crippen LogP contribution in [0.25, 0.3) is 117 Å². The molecule has 4 heteroatoms. The van der Waals surface area contributed by atoms with Gasteiger partial charge in [0.2, 0.25) is 0 Å². The molecule has 15 aromatic carbocycles. The minimum atomic E-state index is -0.618. The summed E-state index contributed by atoms with van der Waals surface area (Å²) in [7, 11) is 0. The van der Waals surface area contributed by atoms with E-state index in [2.05, 4.69) is 325 Å². The van der Waals surface area contributed by atoms with Gasteiger partial charge in [0.25, 0.3) is 0 Å². The van der Waals surface area contributed by atoms with E-state index in [9.17, 15) is 0 Å². The summed E-state index contributed by atoms with van der Waals surface area (Å²) in [6.45, 7) is 0. The van der Waals surface area contributed by atoms with Gasteiger partial charge in [0.05, 0.1) is 26.2 Å². The van der Waals surface area contributed by atoms with Crippen LogP contribution in [0.1, 0.15) is 22.3 Å². The third-order valence-corrected chi connectivity index (χ3v) is 21.6. The van der Waals surface area contributed by atoms with Gasteiger partial charge in [-0.2, -0.15) is 0 Å². The molecule has 0 saturated carbocycles. The fourth-order valence-corrected chi connectivity index (χ4v) is 18.0. The molecule has 0 saturated heterocycles. The van der Waals surface area contributed by atoms with Gasteiger partial charge in [-0.05, 0) is 184 Å². The number of benzene rings is 15. The second-order valence-electron chi connectivity index (χ2n) is 23.7. The Morgan fingerprint density at radius 2 is 0.663 bits per heavy atom. The first-order chi connectivity index (χ1) is 44.2. The Balaban J connectivity index is 0.802. The molecule has 0 aliphatic heterocycles. The molecule has 0 radical (unpaired) electrons. The van der Waals surface area contributed by atoms with E-state index in [1.54, 1.807) is 0 Å². The van der Waals surface area contributed by atoms with Crippen LogP contribution in [0, 0.1) is 0 Å². The Morgan fingerprint density at radius 3 is 1.24 bits per heavy atom. The van der Waals surface area contributed by atoms with E-state index < -0.39 is 5.41 Å². The average Bonchev–Trinajstić information content (AvgIpc) is 1.49. The van der Waals surface area contributed by atoms with Gasteiger partial charge in [0.1, 0.15) is 0 Å². The summed E-state index contributed by atoms with van der Waals surface area (Å²) in [6, 6.07) is 118. The zero-order valence-corrected chi connectivity index (χ0v) is 49.9. The van der Waals surface area contributed by atoms with Crippen molar-refractivity contribution in [2.24, 2.45) is 0 Å². The van der Waals surface area contributed by atoms with Gasteiger partial charge in [-0.3, -0.25) is 0 Å². The summed E-state index contributed by atoms with van der Waals surface area (Å²) < 4.78 is 5.16. The standard InChI is InChI=1S/C85H52N2S2/c1-3-21-56(22-4-1)86(76-37-19-33-69-64-29-13-17-39-78(64)88-83(69)76)58-46-41-53(42-47-58)55-45-50-68-72(51-55)60-25-7-9-31-66(60)80-73-52-71(61-26-8-10-32-67(61)81(73)85(82(68)80)74-35-15-11-27-62(74)63-28-12-16-36-75(63)85)54-43-48-59(49-44-54)87(57-23-5-2-6-24-57)77-38-20-34-70-65-30-14-18-40-79(65)89-84(70)77/h1-52H. The van der Waals surface area contributed by atoms with Gasteiger partial charge < -0.3 is 9.80 Å². The molecular weight excluding hydrogens is 1110 g/mol. The normalized spacial score (nSPS) is 12.8. The van der Waals surface area contributed by atoms with Gasteiger partial charge in [0.15, 0.2) is 0 Å². The molecule has 89 heavy (non-hydrogen) atoms. The molecule has 0 atom stereocenters. The fraction of sp³-hybridized carbons (Fsp3) is 0.0118. The Morgan fingerprint density at radius 1 is 0.236 bits per heavy atom. The van der Waals surface area contributed by atoms with E-state index in [-0.39, 0.29) is 0 Å².